The number of hydrogen-bond acceptors (Lipinski definition) is 3. The molecular formula is C14H21NO3. The minimum atomic E-state index is -1.04. The van der Waals surface area contributed by atoms with E-state index in [1.54, 1.807) is 21.0 Å². The third kappa shape index (κ3) is 2.64. The minimum absolute atomic E-state index is 0.614. The third-order valence-corrected chi connectivity index (χ3v) is 3.37. The van der Waals surface area contributed by atoms with E-state index >= 15 is 0 Å². The van der Waals surface area contributed by atoms with Crippen LogP contribution in [0, 0.1) is 5.41 Å². The van der Waals surface area contributed by atoms with Crippen LogP contribution in [0.15, 0.2) is 18.2 Å². The number of nitrogens with two attached hydrogens (primary N) is 1. The first-order chi connectivity index (χ1) is 8.34. The smallest absolute Gasteiger partial charge is 0.311 e. The lowest BCUT2D eigenvalue weighted by Gasteiger charge is -2.28. The van der Waals surface area contributed by atoms with Crippen LogP contribution in [0.25, 0.3) is 0 Å². The van der Waals surface area contributed by atoms with Crippen molar-refractivity contribution in [1.82, 2.24) is 0 Å². The molecule has 0 aliphatic rings. The summed E-state index contributed by atoms with van der Waals surface area (Å²) >= 11 is 0. The Morgan fingerprint density at radius 3 is 2.56 bits per heavy atom. The van der Waals surface area contributed by atoms with Crippen molar-refractivity contribution in [1.29, 1.82) is 0 Å². The van der Waals surface area contributed by atoms with E-state index in [2.05, 4.69) is 0 Å². The summed E-state index contributed by atoms with van der Waals surface area (Å²) in [6, 6.07) is 5.11. The summed E-state index contributed by atoms with van der Waals surface area (Å²) in [5, 5.41) is 9.24. The highest BCUT2D eigenvalue weighted by Crippen LogP contribution is 2.36. The Morgan fingerprint density at radius 2 is 2.11 bits per heavy atom. The topological polar surface area (TPSA) is 72.5 Å². The van der Waals surface area contributed by atoms with Gasteiger partial charge in [0.05, 0.1) is 12.5 Å². The fraction of sp³-hybridized carbons (Fsp3) is 0.500. The first kappa shape index (κ1) is 14.5. The minimum Gasteiger partial charge on any atom is -0.496 e. The summed E-state index contributed by atoms with van der Waals surface area (Å²) in [5.41, 5.74) is 6.92. The molecule has 18 heavy (non-hydrogen) atoms. The third-order valence-electron chi connectivity index (χ3n) is 3.37. The van der Waals surface area contributed by atoms with Gasteiger partial charge < -0.3 is 15.6 Å². The molecule has 1 rings (SSSR count). The number of carbonyl (C=O) groups is 1. The monoisotopic (exact) mass is 251 g/mol. The summed E-state index contributed by atoms with van der Waals surface area (Å²) in [7, 11) is 1.56. The molecule has 4 heteroatoms. The number of benzene rings is 1. The van der Waals surface area contributed by atoms with Gasteiger partial charge in [-0.25, -0.2) is 0 Å². The lowest BCUT2D eigenvalue weighted by molar-refractivity contribution is -0.148. The highest BCUT2D eigenvalue weighted by molar-refractivity contribution is 5.75. The summed E-state index contributed by atoms with van der Waals surface area (Å²) in [4.78, 5) is 11.3. The molecule has 1 atom stereocenters. The van der Waals surface area contributed by atoms with Gasteiger partial charge in [0.25, 0.3) is 0 Å². The zero-order valence-corrected chi connectivity index (χ0v) is 11.4. The van der Waals surface area contributed by atoms with Crippen LogP contribution >= 0.6 is 0 Å². The van der Waals surface area contributed by atoms with Crippen molar-refractivity contribution >= 4 is 5.97 Å². The summed E-state index contributed by atoms with van der Waals surface area (Å²) in [6.07, 6.45) is 0.872. The van der Waals surface area contributed by atoms with E-state index in [1.165, 1.54) is 0 Å². The van der Waals surface area contributed by atoms with E-state index in [0.717, 1.165) is 17.5 Å². The van der Waals surface area contributed by atoms with Gasteiger partial charge in [-0.1, -0.05) is 19.1 Å². The van der Waals surface area contributed by atoms with Gasteiger partial charge in [-0.05, 0) is 31.9 Å². The fourth-order valence-corrected chi connectivity index (χ4v) is 1.77. The van der Waals surface area contributed by atoms with E-state index < -0.39 is 17.4 Å². The summed E-state index contributed by atoms with van der Waals surface area (Å²) in [5.74, 6) is -0.284. The number of methoxy groups -OCH3 is 1. The standard InChI is InChI=1S/C14H21NO3/c1-5-9-6-7-11(18-4)10(8-9)12(15)14(2,3)13(16)17/h6-8,12H,5,15H2,1-4H3,(H,16,17). The Bertz CT molecular complexity index is 441. The number of aliphatic carboxylic acids is 1. The Hall–Kier alpha value is -1.55. The zero-order chi connectivity index (χ0) is 13.9. The molecule has 0 aliphatic carbocycles. The van der Waals surface area contributed by atoms with Crippen molar-refractivity contribution in [2.24, 2.45) is 11.1 Å². The van der Waals surface area contributed by atoms with E-state index in [4.69, 9.17) is 10.5 Å². The SMILES string of the molecule is CCc1ccc(OC)c(C(N)C(C)(C)C(=O)O)c1. The molecule has 0 heterocycles. The van der Waals surface area contributed by atoms with Gasteiger partial charge in [-0.2, -0.15) is 0 Å². The van der Waals surface area contributed by atoms with Crippen molar-refractivity contribution in [3.05, 3.63) is 29.3 Å². The van der Waals surface area contributed by atoms with Crippen LogP contribution in [-0.4, -0.2) is 18.2 Å². The molecule has 0 aromatic heterocycles. The molecule has 0 radical (unpaired) electrons. The molecule has 0 amide bonds. The van der Waals surface area contributed by atoms with Gasteiger partial charge in [0.2, 0.25) is 0 Å². The van der Waals surface area contributed by atoms with E-state index in [1.807, 2.05) is 25.1 Å². The molecule has 1 unspecified atom stereocenters. The Kier molecular flexibility index (Phi) is 4.35. The van der Waals surface area contributed by atoms with Crippen LogP contribution in [0.3, 0.4) is 0 Å². The van der Waals surface area contributed by atoms with Crippen LogP contribution in [-0.2, 0) is 11.2 Å². The molecule has 3 N–H and O–H groups in total. The normalized spacial score (nSPS) is 13.2. The lowest BCUT2D eigenvalue weighted by atomic mass is 9.80. The zero-order valence-electron chi connectivity index (χ0n) is 11.4. The van der Waals surface area contributed by atoms with Gasteiger partial charge in [0, 0.05) is 11.6 Å². The molecule has 100 valence electrons. The van der Waals surface area contributed by atoms with Gasteiger partial charge >= 0.3 is 5.97 Å². The van der Waals surface area contributed by atoms with E-state index in [9.17, 15) is 9.90 Å². The molecule has 0 saturated heterocycles. The first-order valence-electron chi connectivity index (χ1n) is 6.00. The second-order valence-corrected chi connectivity index (χ2v) is 4.93. The number of carboxylic acids is 1. The lowest BCUT2D eigenvalue weighted by Crippen LogP contribution is -2.36. The molecule has 0 spiro atoms. The maximum absolute atomic E-state index is 11.3. The van der Waals surface area contributed by atoms with Crippen molar-refractivity contribution in [2.45, 2.75) is 33.2 Å². The predicted octanol–water partition coefficient (Wildman–Crippen LogP) is 2.37. The second kappa shape index (κ2) is 5.40. The summed E-state index contributed by atoms with van der Waals surface area (Å²) < 4.78 is 5.27. The Labute approximate surface area is 108 Å². The van der Waals surface area contributed by atoms with E-state index in [0.29, 0.717) is 5.75 Å². The van der Waals surface area contributed by atoms with Crippen molar-refractivity contribution < 1.29 is 14.6 Å². The summed E-state index contributed by atoms with van der Waals surface area (Å²) in [6.45, 7) is 5.29. The first-order valence-corrected chi connectivity index (χ1v) is 6.00. The molecule has 0 fully saturated rings. The Morgan fingerprint density at radius 1 is 1.50 bits per heavy atom. The van der Waals surface area contributed by atoms with Crippen molar-refractivity contribution in [2.75, 3.05) is 7.11 Å². The van der Waals surface area contributed by atoms with Gasteiger partial charge in [-0.3, -0.25) is 4.79 Å². The molecule has 0 saturated carbocycles. The van der Waals surface area contributed by atoms with Crippen LogP contribution in [0.5, 0.6) is 5.75 Å². The average molecular weight is 251 g/mol. The van der Waals surface area contributed by atoms with Crippen molar-refractivity contribution in [3.63, 3.8) is 0 Å². The molecular weight excluding hydrogens is 230 g/mol. The molecule has 0 aliphatic heterocycles. The van der Waals surface area contributed by atoms with Crippen LogP contribution in [0.1, 0.15) is 37.9 Å². The van der Waals surface area contributed by atoms with Gasteiger partial charge in [0.1, 0.15) is 5.75 Å². The molecule has 1 aromatic rings. The highest BCUT2D eigenvalue weighted by atomic mass is 16.5. The van der Waals surface area contributed by atoms with Crippen LogP contribution < -0.4 is 10.5 Å². The van der Waals surface area contributed by atoms with Crippen LogP contribution in [0.4, 0.5) is 0 Å². The molecule has 0 bridgehead atoms. The van der Waals surface area contributed by atoms with Gasteiger partial charge in [-0.15, -0.1) is 0 Å². The van der Waals surface area contributed by atoms with Crippen LogP contribution in [0.2, 0.25) is 0 Å². The number of aryl methyl sites for hydroxylation is 1. The van der Waals surface area contributed by atoms with Crippen molar-refractivity contribution in [3.8, 4) is 5.75 Å². The maximum atomic E-state index is 11.3. The predicted molar refractivity (Wildman–Crippen MR) is 70.7 cm³/mol. The molecule has 1 aromatic carbocycles. The number of ether oxygens (including phenoxy) is 1. The second-order valence-electron chi connectivity index (χ2n) is 4.93. The number of hydrogen-bond donors (Lipinski definition) is 2. The van der Waals surface area contributed by atoms with Gasteiger partial charge in [0.15, 0.2) is 0 Å². The number of rotatable bonds is 5. The average Bonchev–Trinajstić information content (AvgIpc) is 2.36. The fourth-order valence-electron chi connectivity index (χ4n) is 1.77. The Balaban J connectivity index is 3.26. The highest BCUT2D eigenvalue weighted by Gasteiger charge is 2.36. The quantitative estimate of drug-likeness (QED) is 0.842. The maximum Gasteiger partial charge on any atom is 0.311 e. The largest absolute Gasteiger partial charge is 0.496 e. The van der Waals surface area contributed by atoms with E-state index in [-0.39, 0.29) is 0 Å². The number of carboxylic acid groups (broad SMARTS) is 1. The molecule has 4 nitrogen and oxygen atoms in total.